The highest BCUT2D eigenvalue weighted by molar-refractivity contribution is 9.11. The minimum absolute atomic E-state index is 0.153. The molecule has 0 aliphatic carbocycles. The van der Waals surface area contributed by atoms with Gasteiger partial charge in [-0.3, -0.25) is 4.72 Å². The zero-order chi connectivity index (χ0) is 15.2. The van der Waals surface area contributed by atoms with Crippen LogP contribution in [-0.2, 0) is 10.0 Å². The van der Waals surface area contributed by atoms with Crippen LogP contribution in [0.25, 0.3) is 11.0 Å². The number of imidazole rings is 1. The molecule has 0 radical (unpaired) electrons. The molecule has 3 rings (SSSR count). The first-order valence-corrected chi connectivity index (χ1v) is 9.26. The number of thiophene rings is 1. The molecule has 2 aromatic heterocycles. The number of aryl methyl sites for hydroxylation is 1. The van der Waals surface area contributed by atoms with Crippen molar-refractivity contribution >= 4 is 65.6 Å². The molecule has 110 valence electrons. The molecule has 0 spiro atoms. The molecule has 0 aliphatic rings. The van der Waals surface area contributed by atoms with Crippen LogP contribution in [0.15, 0.2) is 32.3 Å². The van der Waals surface area contributed by atoms with Crippen LogP contribution in [0.4, 0.5) is 5.69 Å². The first-order valence-electron chi connectivity index (χ1n) is 5.79. The van der Waals surface area contributed by atoms with E-state index < -0.39 is 10.0 Å². The van der Waals surface area contributed by atoms with Gasteiger partial charge in [-0.2, -0.15) is 0 Å². The van der Waals surface area contributed by atoms with Crippen molar-refractivity contribution in [1.29, 1.82) is 0 Å². The minimum atomic E-state index is -3.66. The molecule has 0 saturated heterocycles. The Morgan fingerprint density at radius 2 is 2.14 bits per heavy atom. The van der Waals surface area contributed by atoms with E-state index in [0.717, 1.165) is 28.2 Å². The Morgan fingerprint density at radius 1 is 1.38 bits per heavy atom. The predicted molar refractivity (Wildman–Crippen MR) is 88.7 cm³/mol. The Labute approximate surface area is 138 Å². The zero-order valence-corrected chi connectivity index (χ0v) is 14.6. The molecular weight excluding hydrogens is 398 g/mol. The maximum Gasteiger partial charge on any atom is 0.271 e. The molecule has 0 saturated carbocycles. The van der Waals surface area contributed by atoms with Crippen molar-refractivity contribution in [3.8, 4) is 0 Å². The van der Waals surface area contributed by atoms with E-state index in [1.54, 1.807) is 18.2 Å². The van der Waals surface area contributed by atoms with Crippen LogP contribution in [0.2, 0.25) is 5.02 Å². The molecule has 0 bridgehead atoms. The van der Waals surface area contributed by atoms with Gasteiger partial charge in [0.15, 0.2) is 0 Å². The van der Waals surface area contributed by atoms with Gasteiger partial charge >= 0.3 is 0 Å². The number of nitrogens with zero attached hydrogens (tertiary/aromatic N) is 1. The highest BCUT2D eigenvalue weighted by Crippen LogP contribution is 2.35. The second-order valence-electron chi connectivity index (χ2n) is 4.35. The summed E-state index contributed by atoms with van der Waals surface area (Å²) in [4.78, 5) is 7.34. The molecule has 2 heterocycles. The SMILES string of the molecule is Cc1nc2ccc(NS(=O)(=O)c3cc(Cl)c(Br)s3)cc2[nH]1. The third-order valence-corrected chi connectivity index (χ3v) is 7.07. The lowest BCUT2D eigenvalue weighted by Crippen LogP contribution is -2.11. The van der Waals surface area contributed by atoms with Gasteiger partial charge in [-0.05, 0) is 47.1 Å². The maximum absolute atomic E-state index is 12.3. The highest BCUT2D eigenvalue weighted by Gasteiger charge is 2.19. The Balaban J connectivity index is 1.96. The van der Waals surface area contributed by atoms with Gasteiger partial charge < -0.3 is 4.98 Å². The fourth-order valence-electron chi connectivity index (χ4n) is 1.87. The average Bonchev–Trinajstić information content (AvgIpc) is 2.91. The number of benzene rings is 1. The fraction of sp³-hybridized carbons (Fsp3) is 0.0833. The number of aromatic nitrogens is 2. The van der Waals surface area contributed by atoms with E-state index in [1.165, 1.54) is 6.07 Å². The summed E-state index contributed by atoms with van der Waals surface area (Å²) in [5.41, 5.74) is 2.03. The lowest BCUT2D eigenvalue weighted by Gasteiger charge is -2.05. The summed E-state index contributed by atoms with van der Waals surface area (Å²) < 4.78 is 27.9. The summed E-state index contributed by atoms with van der Waals surface area (Å²) in [5, 5.41) is 0.375. The summed E-state index contributed by atoms with van der Waals surface area (Å²) in [5.74, 6) is 0.777. The molecule has 5 nitrogen and oxygen atoms in total. The largest absolute Gasteiger partial charge is 0.342 e. The van der Waals surface area contributed by atoms with Gasteiger partial charge in [-0.25, -0.2) is 13.4 Å². The van der Waals surface area contributed by atoms with Crippen molar-refractivity contribution in [1.82, 2.24) is 9.97 Å². The van der Waals surface area contributed by atoms with Crippen molar-refractivity contribution < 1.29 is 8.42 Å². The first kappa shape index (κ1) is 14.8. The summed E-state index contributed by atoms with van der Waals surface area (Å²) in [6.45, 7) is 1.84. The number of hydrogen-bond donors (Lipinski definition) is 2. The molecule has 0 amide bonds. The number of hydrogen-bond acceptors (Lipinski definition) is 4. The van der Waals surface area contributed by atoms with Crippen molar-refractivity contribution in [3.05, 3.63) is 38.9 Å². The molecule has 0 fully saturated rings. The van der Waals surface area contributed by atoms with Gasteiger partial charge in [0.1, 0.15) is 10.0 Å². The van der Waals surface area contributed by atoms with Crippen LogP contribution in [0.3, 0.4) is 0 Å². The summed E-state index contributed by atoms with van der Waals surface area (Å²) in [7, 11) is -3.66. The third-order valence-electron chi connectivity index (χ3n) is 2.74. The maximum atomic E-state index is 12.3. The second kappa shape index (κ2) is 5.28. The minimum Gasteiger partial charge on any atom is -0.342 e. The fourth-order valence-corrected chi connectivity index (χ4v) is 5.31. The summed E-state index contributed by atoms with van der Waals surface area (Å²) in [6, 6.07) is 6.55. The van der Waals surface area contributed by atoms with Crippen molar-refractivity contribution in [3.63, 3.8) is 0 Å². The van der Waals surface area contributed by atoms with Gasteiger partial charge in [-0.15, -0.1) is 11.3 Å². The van der Waals surface area contributed by atoms with Gasteiger partial charge in [0, 0.05) is 0 Å². The summed E-state index contributed by atoms with van der Waals surface area (Å²) in [6.07, 6.45) is 0. The van der Waals surface area contributed by atoms with E-state index in [9.17, 15) is 8.42 Å². The molecule has 21 heavy (non-hydrogen) atoms. The number of halogens is 2. The van der Waals surface area contributed by atoms with E-state index in [4.69, 9.17) is 11.6 Å². The summed E-state index contributed by atoms with van der Waals surface area (Å²) >= 11 is 10.2. The van der Waals surface area contributed by atoms with Gasteiger partial charge in [0.05, 0.1) is 25.5 Å². The van der Waals surface area contributed by atoms with E-state index in [1.807, 2.05) is 6.92 Å². The number of H-pyrrole nitrogens is 1. The monoisotopic (exact) mass is 405 g/mol. The lowest BCUT2D eigenvalue weighted by atomic mass is 10.3. The average molecular weight is 407 g/mol. The van der Waals surface area contributed by atoms with Crippen LogP contribution < -0.4 is 4.72 Å². The van der Waals surface area contributed by atoms with Gasteiger partial charge in [0.25, 0.3) is 10.0 Å². The van der Waals surface area contributed by atoms with Gasteiger partial charge in [0.2, 0.25) is 0 Å². The van der Waals surface area contributed by atoms with Crippen LogP contribution in [0.1, 0.15) is 5.82 Å². The normalized spacial score (nSPS) is 12.0. The predicted octanol–water partition coefficient (Wildman–Crippen LogP) is 4.15. The molecule has 2 N–H and O–H groups in total. The Morgan fingerprint density at radius 3 is 2.81 bits per heavy atom. The third kappa shape index (κ3) is 2.94. The first-order chi connectivity index (χ1) is 9.85. The number of sulfonamides is 1. The number of rotatable bonds is 3. The second-order valence-corrected chi connectivity index (χ2v) is 9.03. The topological polar surface area (TPSA) is 74.8 Å². The van der Waals surface area contributed by atoms with E-state index in [2.05, 4.69) is 30.6 Å². The van der Waals surface area contributed by atoms with Crippen LogP contribution in [-0.4, -0.2) is 18.4 Å². The van der Waals surface area contributed by atoms with Crippen molar-refractivity contribution in [2.45, 2.75) is 11.1 Å². The number of anilines is 1. The van der Waals surface area contributed by atoms with Gasteiger partial charge in [-0.1, -0.05) is 11.6 Å². The molecule has 9 heteroatoms. The number of nitrogens with one attached hydrogen (secondary N) is 2. The molecule has 1 aromatic carbocycles. The van der Waals surface area contributed by atoms with E-state index in [0.29, 0.717) is 14.5 Å². The molecule has 0 atom stereocenters. The molecule has 0 unspecified atom stereocenters. The van der Waals surface area contributed by atoms with Crippen molar-refractivity contribution in [2.24, 2.45) is 0 Å². The highest BCUT2D eigenvalue weighted by atomic mass is 79.9. The quantitative estimate of drug-likeness (QED) is 0.686. The Kier molecular flexibility index (Phi) is 3.73. The Bertz CT molecular complexity index is 914. The smallest absolute Gasteiger partial charge is 0.271 e. The molecular formula is C12H9BrClN3O2S2. The molecule has 0 aliphatic heterocycles. The zero-order valence-electron chi connectivity index (χ0n) is 10.6. The standard InChI is InChI=1S/C12H9BrClN3O2S2/c1-6-15-9-3-2-7(4-10(9)16-6)17-21(18,19)11-5-8(14)12(13)20-11/h2-5,17H,1H3,(H,15,16). The number of aromatic amines is 1. The van der Waals surface area contributed by atoms with Crippen LogP contribution >= 0.6 is 38.9 Å². The van der Waals surface area contributed by atoms with E-state index >= 15 is 0 Å². The molecule has 3 aromatic rings. The Hall–Kier alpha value is -1.09. The van der Waals surface area contributed by atoms with E-state index in [-0.39, 0.29) is 4.21 Å². The van der Waals surface area contributed by atoms with Crippen LogP contribution in [0, 0.1) is 6.92 Å². The van der Waals surface area contributed by atoms with Crippen molar-refractivity contribution in [2.75, 3.05) is 4.72 Å². The lowest BCUT2D eigenvalue weighted by molar-refractivity contribution is 0.603. The number of fused-ring (bicyclic) bond motifs is 1. The van der Waals surface area contributed by atoms with Crippen LogP contribution in [0.5, 0.6) is 0 Å².